The molecule has 3 rings (SSSR count). The van der Waals surface area contributed by atoms with E-state index in [9.17, 15) is 4.79 Å². The van der Waals surface area contributed by atoms with Crippen molar-refractivity contribution in [2.45, 2.75) is 59.2 Å². The maximum atomic E-state index is 13.2. The number of likely N-dealkylation sites (tertiary alicyclic amines) is 1. The zero-order valence-electron chi connectivity index (χ0n) is 14.9. The Morgan fingerprint density at radius 2 is 2.17 bits per heavy atom. The van der Waals surface area contributed by atoms with E-state index in [-0.39, 0.29) is 23.9 Å². The van der Waals surface area contributed by atoms with Crippen molar-refractivity contribution >= 4 is 5.91 Å². The molecule has 1 saturated heterocycles. The van der Waals surface area contributed by atoms with Crippen LogP contribution in [0.2, 0.25) is 0 Å². The lowest BCUT2D eigenvalue weighted by atomic mass is 10.0. The highest BCUT2D eigenvalue weighted by molar-refractivity contribution is 5.81. The Bertz CT molecular complexity index is 690. The summed E-state index contributed by atoms with van der Waals surface area (Å²) in [5, 5.41) is 8.75. The summed E-state index contributed by atoms with van der Waals surface area (Å²) >= 11 is 0. The fourth-order valence-electron chi connectivity index (χ4n) is 3.61. The molecule has 7 heteroatoms. The second-order valence-electron chi connectivity index (χ2n) is 7.00. The van der Waals surface area contributed by atoms with Crippen LogP contribution in [0, 0.1) is 19.8 Å². The van der Waals surface area contributed by atoms with E-state index in [0.717, 1.165) is 37.3 Å². The fourth-order valence-corrected chi connectivity index (χ4v) is 3.61. The second kappa shape index (κ2) is 6.75. The molecule has 0 saturated carbocycles. The first-order valence-corrected chi connectivity index (χ1v) is 8.63. The smallest absolute Gasteiger partial charge is 0.248 e. The first-order valence-electron chi connectivity index (χ1n) is 8.63. The minimum Gasteiger partial charge on any atom is -0.336 e. The number of carbonyl (C=O) groups excluding carboxylic acids is 1. The molecule has 7 nitrogen and oxygen atoms in total. The van der Waals surface area contributed by atoms with Gasteiger partial charge in [0.25, 0.3) is 0 Å². The number of aromatic nitrogens is 5. The Labute approximate surface area is 142 Å². The molecule has 1 aliphatic heterocycles. The molecular weight excluding hydrogens is 304 g/mol. The highest BCUT2D eigenvalue weighted by Crippen LogP contribution is 2.26. The van der Waals surface area contributed by atoms with E-state index in [1.807, 2.05) is 16.5 Å². The molecule has 0 aliphatic carbocycles. The van der Waals surface area contributed by atoms with Crippen LogP contribution in [0.5, 0.6) is 0 Å². The van der Waals surface area contributed by atoms with E-state index in [0.29, 0.717) is 0 Å². The molecule has 2 atom stereocenters. The van der Waals surface area contributed by atoms with E-state index in [1.54, 1.807) is 11.0 Å². The maximum Gasteiger partial charge on any atom is 0.248 e. The van der Waals surface area contributed by atoms with Crippen molar-refractivity contribution in [2.75, 3.05) is 6.54 Å². The Morgan fingerprint density at radius 3 is 2.75 bits per heavy atom. The Morgan fingerprint density at radius 1 is 1.38 bits per heavy atom. The van der Waals surface area contributed by atoms with Crippen LogP contribution in [0.15, 0.2) is 18.7 Å². The van der Waals surface area contributed by atoms with Crippen molar-refractivity contribution < 1.29 is 4.79 Å². The summed E-state index contributed by atoms with van der Waals surface area (Å²) in [7, 11) is 0. The van der Waals surface area contributed by atoms with Crippen LogP contribution in [-0.4, -0.2) is 47.9 Å². The number of rotatable bonds is 5. The monoisotopic (exact) mass is 330 g/mol. The standard InChI is InChI=1S/C17H26N6O/c1-12(2)16(23-11-18-10-19-23)17(24)21-7-5-6-15(21)9-22-14(4)8-13(3)20-22/h8,10-12,15-16H,5-7,9H2,1-4H3. The van der Waals surface area contributed by atoms with Crippen LogP contribution in [-0.2, 0) is 11.3 Å². The second-order valence-corrected chi connectivity index (χ2v) is 7.00. The number of hydrogen-bond donors (Lipinski definition) is 0. The molecule has 2 aromatic rings. The molecule has 0 bridgehead atoms. The molecule has 2 aromatic heterocycles. The van der Waals surface area contributed by atoms with Gasteiger partial charge < -0.3 is 4.90 Å². The van der Waals surface area contributed by atoms with Gasteiger partial charge in [-0.15, -0.1) is 0 Å². The third-order valence-corrected chi connectivity index (χ3v) is 4.75. The normalized spacial score (nSPS) is 19.2. The van der Waals surface area contributed by atoms with Gasteiger partial charge in [0.15, 0.2) is 0 Å². The van der Waals surface area contributed by atoms with E-state index in [1.165, 1.54) is 6.33 Å². The van der Waals surface area contributed by atoms with Gasteiger partial charge in [0.1, 0.15) is 18.7 Å². The zero-order valence-corrected chi connectivity index (χ0v) is 14.9. The van der Waals surface area contributed by atoms with Crippen LogP contribution >= 0.6 is 0 Å². The summed E-state index contributed by atoms with van der Waals surface area (Å²) < 4.78 is 3.71. The quantitative estimate of drug-likeness (QED) is 0.840. The molecular formula is C17H26N6O. The molecule has 1 amide bonds. The summed E-state index contributed by atoms with van der Waals surface area (Å²) in [6, 6.07) is 1.97. The number of amides is 1. The van der Waals surface area contributed by atoms with Gasteiger partial charge in [-0.3, -0.25) is 9.48 Å². The Kier molecular flexibility index (Phi) is 4.69. The van der Waals surface area contributed by atoms with Crippen molar-refractivity contribution in [1.29, 1.82) is 0 Å². The molecule has 3 heterocycles. The first kappa shape index (κ1) is 16.7. The summed E-state index contributed by atoms with van der Waals surface area (Å²) in [5.74, 6) is 0.300. The highest BCUT2D eigenvalue weighted by Gasteiger charge is 2.36. The van der Waals surface area contributed by atoms with Crippen LogP contribution in [0.3, 0.4) is 0 Å². The Balaban J connectivity index is 1.79. The molecule has 0 radical (unpaired) electrons. The molecule has 1 fully saturated rings. The largest absolute Gasteiger partial charge is 0.336 e. The first-order chi connectivity index (χ1) is 11.5. The fraction of sp³-hybridized carbons (Fsp3) is 0.647. The third-order valence-electron chi connectivity index (χ3n) is 4.75. The van der Waals surface area contributed by atoms with Crippen molar-refractivity contribution in [1.82, 2.24) is 29.4 Å². The summed E-state index contributed by atoms with van der Waals surface area (Å²) in [6.45, 7) is 9.73. The minimum absolute atomic E-state index is 0.138. The lowest BCUT2D eigenvalue weighted by Gasteiger charge is -2.30. The molecule has 0 aromatic carbocycles. The van der Waals surface area contributed by atoms with Crippen LogP contribution < -0.4 is 0 Å². The van der Waals surface area contributed by atoms with Crippen molar-refractivity contribution in [2.24, 2.45) is 5.92 Å². The van der Waals surface area contributed by atoms with E-state index in [2.05, 4.69) is 42.0 Å². The lowest BCUT2D eigenvalue weighted by molar-refractivity contribution is -0.137. The average molecular weight is 330 g/mol. The lowest BCUT2D eigenvalue weighted by Crippen LogP contribution is -2.44. The van der Waals surface area contributed by atoms with E-state index in [4.69, 9.17) is 0 Å². The van der Waals surface area contributed by atoms with Gasteiger partial charge in [-0.25, -0.2) is 9.67 Å². The molecule has 130 valence electrons. The molecule has 24 heavy (non-hydrogen) atoms. The predicted octanol–water partition coefficient (Wildman–Crippen LogP) is 1.98. The predicted molar refractivity (Wildman–Crippen MR) is 90.3 cm³/mol. The summed E-state index contributed by atoms with van der Waals surface area (Å²) in [6.07, 6.45) is 5.18. The van der Waals surface area contributed by atoms with Crippen LogP contribution in [0.4, 0.5) is 0 Å². The van der Waals surface area contributed by atoms with E-state index >= 15 is 0 Å². The zero-order chi connectivity index (χ0) is 17.3. The SMILES string of the molecule is Cc1cc(C)n(CC2CCCN2C(=O)C(C(C)C)n2cncn2)n1. The van der Waals surface area contributed by atoms with Gasteiger partial charge in [-0.2, -0.15) is 10.2 Å². The van der Waals surface area contributed by atoms with Crippen LogP contribution in [0.25, 0.3) is 0 Å². The number of hydrogen-bond acceptors (Lipinski definition) is 4. The van der Waals surface area contributed by atoms with Gasteiger partial charge >= 0.3 is 0 Å². The molecule has 2 unspecified atom stereocenters. The molecule has 0 N–H and O–H groups in total. The number of aryl methyl sites for hydroxylation is 2. The molecule has 1 aliphatic rings. The van der Waals surface area contributed by atoms with Gasteiger partial charge in [0.05, 0.1) is 18.3 Å². The average Bonchev–Trinajstić information content (AvgIpc) is 3.22. The molecule has 0 spiro atoms. The van der Waals surface area contributed by atoms with E-state index < -0.39 is 0 Å². The maximum absolute atomic E-state index is 13.2. The third kappa shape index (κ3) is 3.20. The van der Waals surface area contributed by atoms with Gasteiger partial charge in [0.2, 0.25) is 5.91 Å². The number of carbonyl (C=O) groups is 1. The summed E-state index contributed by atoms with van der Waals surface area (Å²) in [5.41, 5.74) is 2.16. The van der Waals surface area contributed by atoms with Crippen molar-refractivity contribution in [3.05, 3.63) is 30.1 Å². The summed E-state index contributed by atoms with van der Waals surface area (Å²) in [4.78, 5) is 19.2. The van der Waals surface area contributed by atoms with Gasteiger partial charge in [0, 0.05) is 12.2 Å². The Hall–Kier alpha value is -2.18. The highest BCUT2D eigenvalue weighted by atomic mass is 16.2. The number of nitrogens with zero attached hydrogens (tertiary/aromatic N) is 6. The van der Waals surface area contributed by atoms with Gasteiger partial charge in [-0.1, -0.05) is 13.8 Å². The van der Waals surface area contributed by atoms with Crippen molar-refractivity contribution in [3.63, 3.8) is 0 Å². The van der Waals surface area contributed by atoms with Crippen LogP contribution in [0.1, 0.15) is 44.1 Å². The van der Waals surface area contributed by atoms with Gasteiger partial charge in [-0.05, 0) is 38.7 Å². The van der Waals surface area contributed by atoms with Crippen molar-refractivity contribution in [3.8, 4) is 0 Å². The topological polar surface area (TPSA) is 68.8 Å². The minimum atomic E-state index is -0.298.